The predicted molar refractivity (Wildman–Crippen MR) is 108 cm³/mol. The third-order valence-electron chi connectivity index (χ3n) is 5.27. The first-order valence-electron chi connectivity index (χ1n) is 9.77. The number of hydrogen-bond donors (Lipinski definition) is 1. The first kappa shape index (κ1) is 18.3. The predicted octanol–water partition coefficient (Wildman–Crippen LogP) is 2.80. The number of aryl methyl sites for hydroxylation is 2. The van der Waals surface area contributed by atoms with E-state index >= 15 is 0 Å². The average molecular weight is 382 g/mol. The van der Waals surface area contributed by atoms with E-state index in [9.17, 15) is 4.79 Å². The van der Waals surface area contributed by atoms with Gasteiger partial charge in [-0.2, -0.15) is 5.10 Å². The van der Waals surface area contributed by atoms with Crippen molar-refractivity contribution in [1.29, 1.82) is 0 Å². The van der Waals surface area contributed by atoms with Gasteiger partial charge in [0.05, 0.1) is 18.5 Å². The molecule has 1 amide bonds. The van der Waals surface area contributed by atoms with Crippen LogP contribution in [0.4, 0.5) is 10.5 Å². The number of nitrogens with zero attached hydrogens (tertiary/aromatic N) is 5. The zero-order chi connectivity index (χ0) is 19.7. The molecule has 0 aliphatic carbocycles. The van der Waals surface area contributed by atoms with Crippen LogP contribution in [0.2, 0.25) is 0 Å². The molecule has 1 fully saturated rings. The van der Waals surface area contributed by atoms with Gasteiger partial charge in [0, 0.05) is 62.3 Å². The van der Waals surface area contributed by atoms with Crippen LogP contribution in [0.15, 0.2) is 24.7 Å². The highest BCUT2D eigenvalue weighted by atomic mass is 16.6. The monoisotopic (exact) mass is 382 g/mol. The Morgan fingerprint density at radius 2 is 2.04 bits per heavy atom. The molecule has 3 aromatic heterocycles. The zero-order valence-corrected chi connectivity index (χ0v) is 16.6. The maximum absolute atomic E-state index is 12.0. The van der Waals surface area contributed by atoms with E-state index in [-0.39, 0.29) is 6.09 Å². The highest BCUT2D eigenvalue weighted by molar-refractivity contribution is 5.98. The number of aromatic amines is 1. The number of nitrogens with one attached hydrogen (secondary N) is 1. The van der Waals surface area contributed by atoms with E-state index in [4.69, 9.17) is 4.74 Å². The van der Waals surface area contributed by atoms with Gasteiger partial charge in [-0.1, -0.05) is 6.92 Å². The molecular weight excluding hydrogens is 356 g/mol. The van der Waals surface area contributed by atoms with Gasteiger partial charge in [-0.25, -0.2) is 9.78 Å². The Kier molecular flexibility index (Phi) is 4.93. The van der Waals surface area contributed by atoms with E-state index in [1.54, 1.807) is 4.90 Å². The van der Waals surface area contributed by atoms with Crippen molar-refractivity contribution < 1.29 is 9.53 Å². The number of ether oxygens (including phenoxy) is 1. The molecule has 1 aliphatic heterocycles. The van der Waals surface area contributed by atoms with Gasteiger partial charge in [-0.15, -0.1) is 0 Å². The highest BCUT2D eigenvalue weighted by Crippen LogP contribution is 2.36. The maximum atomic E-state index is 12.0. The minimum absolute atomic E-state index is 0.225. The molecule has 0 aromatic carbocycles. The summed E-state index contributed by atoms with van der Waals surface area (Å²) in [5.41, 5.74) is 5.45. The fourth-order valence-electron chi connectivity index (χ4n) is 3.92. The summed E-state index contributed by atoms with van der Waals surface area (Å²) in [4.78, 5) is 24.2. The van der Waals surface area contributed by atoms with Gasteiger partial charge in [0.15, 0.2) is 0 Å². The van der Waals surface area contributed by atoms with Crippen LogP contribution in [-0.2, 0) is 18.2 Å². The maximum Gasteiger partial charge on any atom is 0.409 e. The number of amides is 1. The molecule has 0 saturated carbocycles. The Labute approximate surface area is 164 Å². The van der Waals surface area contributed by atoms with Gasteiger partial charge >= 0.3 is 6.09 Å². The smallest absolute Gasteiger partial charge is 0.409 e. The number of H-pyrrole nitrogens is 1. The fourth-order valence-corrected chi connectivity index (χ4v) is 3.92. The van der Waals surface area contributed by atoms with Crippen LogP contribution in [0.3, 0.4) is 0 Å². The highest BCUT2D eigenvalue weighted by Gasteiger charge is 2.25. The zero-order valence-electron chi connectivity index (χ0n) is 16.6. The van der Waals surface area contributed by atoms with Crippen LogP contribution in [0, 0.1) is 0 Å². The molecule has 4 rings (SSSR count). The molecule has 1 aliphatic rings. The normalized spacial score (nSPS) is 14.7. The molecule has 148 valence electrons. The lowest BCUT2D eigenvalue weighted by molar-refractivity contribution is 0.105. The van der Waals surface area contributed by atoms with E-state index in [2.05, 4.69) is 33.0 Å². The Bertz CT molecular complexity index is 984. The SMILES string of the molecule is CCOC(=O)N1CCN(c2ccnc3[nH]c(-c4cnn(C)c4)c(CC)c23)CC1. The summed E-state index contributed by atoms with van der Waals surface area (Å²) in [6, 6.07) is 2.07. The largest absolute Gasteiger partial charge is 0.450 e. The first-order chi connectivity index (χ1) is 13.6. The van der Waals surface area contributed by atoms with Crippen LogP contribution in [-0.4, -0.2) is 63.5 Å². The summed E-state index contributed by atoms with van der Waals surface area (Å²) in [7, 11) is 1.92. The number of carbonyl (C=O) groups is 1. The van der Waals surface area contributed by atoms with Gasteiger partial charge < -0.3 is 19.5 Å². The molecule has 1 saturated heterocycles. The quantitative estimate of drug-likeness (QED) is 0.751. The Hall–Kier alpha value is -3.03. The van der Waals surface area contributed by atoms with E-state index < -0.39 is 0 Å². The lowest BCUT2D eigenvalue weighted by atomic mass is 10.0. The third-order valence-corrected chi connectivity index (χ3v) is 5.27. The van der Waals surface area contributed by atoms with Crippen LogP contribution < -0.4 is 4.90 Å². The second-order valence-electron chi connectivity index (χ2n) is 6.96. The molecule has 0 unspecified atom stereocenters. The molecule has 0 spiro atoms. The summed E-state index contributed by atoms with van der Waals surface area (Å²) in [5, 5.41) is 5.47. The number of pyridine rings is 1. The van der Waals surface area contributed by atoms with E-state index in [1.807, 2.05) is 37.2 Å². The number of fused-ring (bicyclic) bond motifs is 1. The Morgan fingerprint density at radius 3 is 2.68 bits per heavy atom. The van der Waals surface area contributed by atoms with Crippen molar-refractivity contribution in [3.05, 3.63) is 30.2 Å². The summed E-state index contributed by atoms with van der Waals surface area (Å²) in [5.74, 6) is 0. The second kappa shape index (κ2) is 7.53. The van der Waals surface area contributed by atoms with Crippen molar-refractivity contribution >= 4 is 22.8 Å². The van der Waals surface area contributed by atoms with Crippen LogP contribution in [0.1, 0.15) is 19.4 Å². The Balaban J connectivity index is 1.67. The van der Waals surface area contributed by atoms with Gasteiger partial charge in [0.25, 0.3) is 0 Å². The first-order valence-corrected chi connectivity index (χ1v) is 9.77. The average Bonchev–Trinajstić information content (AvgIpc) is 3.31. The van der Waals surface area contributed by atoms with Crippen molar-refractivity contribution in [2.45, 2.75) is 20.3 Å². The molecule has 0 atom stereocenters. The minimum Gasteiger partial charge on any atom is -0.450 e. The topological polar surface area (TPSA) is 79.3 Å². The lowest BCUT2D eigenvalue weighted by Crippen LogP contribution is -2.49. The Morgan fingerprint density at radius 1 is 1.25 bits per heavy atom. The van der Waals surface area contributed by atoms with E-state index in [0.29, 0.717) is 19.7 Å². The molecule has 28 heavy (non-hydrogen) atoms. The van der Waals surface area contributed by atoms with Gasteiger partial charge in [-0.3, -0.25) is 4.68 Å². The minimum atomic E-state index is -0.225. The summed E-state index contributed by atoms with van der Waals surface area (Å²) in [6.07, 6.45) is 6.41. The molecule has 0 radical (unpaired) electrons. The van der Waals surface area contributed by atoms with Gasteiger partial charge in [0.1, 0.15) is 5.65 Å². The lowest BCUT2D eigenvalue weighted by Gasteiger charge is -2.35. The molecule has 0 bridgehead atoms. The van der Waals surface area contributed by atoms with Crippen LogP contribution in [0.25, 0.3) is 22.3 Å². The molecule has 8 nitrogen and oxygen atoms in total. The summed E-state index contributed by atoms with van der Waals surface area (Å²) < 4.78 is 6.94. The molecular formula is C20H26N6O2. The third kappa shape index (κ3) is 3.19. The fraction of sp³-hybridized carbons (Fsp3) is 0.450. The van der Waals surface area contributed by atoms with E-state index in [0.717, 1.165) is 47.5 Å². The summed E-state index contributed by atoms with van der Waals surface area (Å²) in [6.45, 7) is 7.26. The van der Waals surface area contributed by atoms with Crippen molar-refractivity contribution in [3.63, 3.8) is 0 Å². The number of aromatic nitrogens is 4. The summed E-state index contributed by atoms with van der Waals surface area (Å²) >= 11 is 0. The number of piperazine rings is 1. The van der Waals surface area contributed by atoms with Gasteiger partial charge in [-0.05, 0) is 25.0 Å². The van der Waals surface area contributed by atoms with Crippen molar-refractivity contribution in [3.8, 4) is 11.3 Å². The number of rotatable bonds is 4. The van der Waals surface area contributed by atoms with Crippen LogP contribution >= 0.6 is 0 Å². The second-order valence-corrected chi connectivity index (χ2v) is 6.96. The standard InChI is InChI=1S/C20H26N6O2/c1-4-15-17-16(25-8-10-26(11-9-25)20(27)28-5-2)6-7-21-19(17)23-18(15)14-12-22-24(3)13-14/h6-7,12-13H,4-5,8-11H2,1-3H3,(H,21,23). The van der Waals surface area contributed by atoms with Crippen LogP contribution in [0.5, 0.6) is 0 Å². The van der Waals surface area contributed by atoms with Gasteiger partial charge in [0.2, 0.25) is 0 Å². The van der Waals surface area contributed by atoms with Crippen molar-refractivity contribution in [1.82, 2.24) is 24.6 Å². The number of hydrogen-bond acceptors (Lipinski definition) is 5. The molecule has 3 aromatic rings. The molecule has 1 N–H and O–H groups in total. The van der Waals surface area contributed by atoms with Crippen molar-refractivity contribution in [2.24, 2.45) is 7.05 Å². The van der Waals surface area contributed by atoms with E-state index in [1.165, 1.54) is 5.56 Å². The number of anilines is 1. The molecule has 8 heteroatoms. The van der Waals surface area contributed by atoms with Crippen molar-refractivity contribution in [2.75, 3.05) is 37.7 Å². The molecule has 4 heterocycles. The number of carbonyl (C=O) groups excluding carboxylic acids is 1.